The average Bonchev–Trinajstić information content (AvgIpc) is 1.51. The number of fused-ring (bicyclic) bond motifs is 38. The van der Waals surface area contributed by atoms with E-state index in [2.05, 4.69) is 454 Å². The zero-order chi connectivity index (χ0) is 94.2. The van der Waals surface area contributed by atoms with Crippen molar-refractivity contribution in [2.45, 2.75) is 52.4 Å². The van der Waals surface area contributed by atoms with Crippen LogP contribution in [0.15, 0.2) is 425 Å². The molecule has 0 radical (unpaired) electrons. The van der Waals surface area contributed by atoms with E-state index in [1.807, 2.05) is 35.1 Å². The van der Waals surface area contributed by atoms with Crippen molar-refractivity contribution in [2.75, 3.05) is 0 Å². The minimum Gasteiger partial charge on any atom is -0.252 e. The number of thiophene rings is 2. The maximum atomic E-state index is 5.68. The first-order valence-corrected chi connectivity index (χ1v) is 50.9. The molecule has 0 fully saturated rings. The summed E-state index contributed by atoms with van der Waals surface area (Å²) >= 11 is 3.73. The van der Waals surface area contributed by atoms with Gasteiger partial charge in [-0.2, -0.15) is 0 Å². The zero-order valence-electron chi connectivity index (χ0n) is 79.0. The first-order chi connectivity index (χ1) is 69.8. The molecule has 4 aliphatic rings. The van der Waals surface area contributed by atoms with Crippen molar-refractivity contribution >= 4 is 128 Å². The highest BCUT2D eigenvalue weighted by Crippen LogP contribution is 2.66. The third-order valence-electron chi connectivity index (χ3n) is 31.6. The Labute approximate surface area is 830 Å². The van der Waals surface area contributed by atoms with Crippen molar-refractivity contribution in [2.24, 2.45) is 0 Å². The van der Waals surface area contributed by atoms with Gasteiger partial charge in [-0.05, 0) is 302 Å². The summed E-state index contributed by atoms with van der Waals surface area (Å²) in [5.41, 5.74) is 50.0. The summed E-state index contributed by atoms with van der Waals surface area (Å²) in [7, 11) is 0. The molecule has 30 rings (SSSR count). The summed E-state index contributed by atoms with van der Waals surface area (Å²) in [4.78, 5) is 21.8. The number of aromatic nitrogens is 4. The fourth-order valence-corrected chi connectivity index (χ4v) is 28.3. The van der Waals surface area contributed by atoms with E-state index in [-0.39, 0.29) is 0 Å². The van der Waals surface area contributed by atoms with Crippen LogP contribution in [0.2, 0.25) is 0 Å². The van der Waals surface area contributed by atoms with E-state index < -0.39 is 10.8 Å². The van der Waals surface area contributed by atoms with Crippen LogP contribution in [0.25, 0.3) is 239 Å². The molecule has 142 heavy (non-hydrogen) atoms. The van der Waals surface area contributed by atoms with Crippen LogP contribution < -0.4 is 0 Å². The van der Waals surface area contributed by atoms with Gasteiger partial charge in [-0.25, -0.2) is 9.97 Å². The van der Waals surface area contributed by atoms with Crippen LogP contribution in [0.4, 0.5) is 0 Å². The minimum absolute atomic E-state index is 0.443. The van der Waals surface area contributed by atoms with Crippen molar-refractivity contribution < 1.29 is 0 Å². The SMILES string of the molecule is Cc1cc(C)c(-c2ccc3c(c2)c2cc(-c4c(C)cc(C)cc4C)ccc2c2nc(-c4cccc(-c5cccc6c5sc5ccccc56)c4)cnc32)c(C)c1.c1cc(-c2cnc3c4ccc(-c5ccc6c(c5)C5(c7ccccc7-c7ccccc75)c5ccccc5-6)cc4c4cc(-c5ccc6c(c5)C5(c7ccccc7-c7ccccc75)c5ccccc5-6)ccc4c3n2)cc(-c2cccc3c2sc2ccccc23)c1. The van der Waals surface area contributed by atoms with E-state index in [1.165, 1.54) is 229 Å². The van der Waals surface area contributed by atoms with Crippen LogP contribution in [0.5, 0.6) is 0 Å². The Balaban J connectivity index is 0.000000151. The van der Waals surface area contributed by atoms with Crippen molar-refractivity contribution in [3.63, 3.8) is 0 Å². The molecule has 0 bridgehead atoms. The Morgan fingerprint density at radius 3 is 0.824 bits per heavy atom. The molecular formula is C136H88N4S2. The van der Waals surface area contributed by atoms with Gasteiger partial charge in [0.05, 0.1) is 56.7 Å². The van der Waals surface area contributed by atoms with Crippen molar-refractivity contribution in [1.82, 2.24) is 19.9 Å². The molecule has 0 N–H and O–H groups in total. The van der Waals surface area contributed by atoms with Gasteiger partial charge in [0.1, 0.15) is 0 Å². The number of nitrogens with zero attached hydrogens (tertiary/aromatic N) is 4. The van der Waals surface area contributed by atoms with Crippen LogP contribution in [0.1, 0.15) is 77.9 Å². The zero-order valence-corrected chi connectivity index (χ0v) is 80.7. The topological polar surface area (TPSA) is 51.6 Å². The molecule has 0 saturated heterocycles. The summed E-state index contributed by atoms with van der Waals surface area (Å²) in [5.74, 6) is 0. The number of benzene rings is 22. The van der Waals surface area contributed by atoms with E-state index in [1.54, 1.807) is 0 Å². The lowest BCUT2D eigenvalue weighted by atomic mass is 9.70. The van der Waals surface area contributed by atoms with Gasteiger partial charge < -0.3 is 0 Å². The lowest BCUT2D eigenvalue weighted by Crippen LogP contribution is -2.25. The highest BCUT2D eigenvalue weighted by molar-refractivity contribution is 7.26. The number of rotatable bonds is 8. The Morgan fingerprint density at radius 1 is 0.183 bits per heavy atom. The molecule has 664 valence electrons. The average molecular weight is 1840 g/mol. The second-order valence-electron chi connectivity index (χ2n) is 39.5. The molecule has 4 aliphatic carbocycles. The Kier molecular flexibility index (Phi) is 18.1. The van der Waals surface area contributed by atoms with Crippen molar-refractivity contribution in [3.05, 3.63) is 503 Å². The lowest BCUT2D eigenvalue weighted by molar-refractivity contribution is 0.794. The molecule has 22 aromatic carbocycles. The van der Waals surface area contributed by atoms with Crippen LogP contribution in [0.3, 0.4) is 0 Å². The second-order valence-corrected chi connectivity index (χ2v) is 41.6. The third-order valence-corrected chi connectivity index (χ3v) is 34.0. The Hall–Kier alpha value is -17.0. The van der Waals surface area contributed by atoms with Gasteiger partial charge in [0.15, 0.2) is 0 Å². The highest BCUT2D eigenvalue weighted by Gasteiger charge is 2.53. The Bertz CT molecular complexity index is 9880. The molecule has 4 nitrogen and oxygen atoms in total. The number of hydrogen-bond acceptors (Lipinski definition) is 6. The molecule has 0 saturated carbocycles. The monoisotopic (exact) mass is 1840 g/mol. The van der Waals surface area contributed by atoms with Gasteiger partial charge in [-0.15, -0.1) is 22.7 Å². The number of hydrogen-bond donors (Lipinski definition) is 0. The van der Waals surface area contributed by atoms with Gasteiger partial charge in [0.25, 0.3) is 0 Å². The fourth-order valence-electron chi connectivity index (χ4n) is 25.9. The van der Waals surface area contributed by atoms with Gasteiger partial charge in [0.2, 0.25) is 0 Å². The summed E-state index contributed by atoms with van der Waals surface area (Å²) in [5, 5.41) is 14.3. The second kappa shape index (κ2) is 31.3. The molecule has 0 atom stereocenters. The minimum atomic E-state index is -0.448. The van der Waals surface area contributed by atoms with Crippen molar-refractivity contribution in [3.8, 4) is 134 Å². The molecule has 0 unspecified atom stereocenters. The standard InChI is InChI=1S/C84H48N2S.C52H40N2S/c1-8-28-70-56(19-1)57-20-2-9-29-71(57)83(70)74-32-12-5-23-60(74)62-39-35-51(46-76(62)83)49-37-41-65-68(44-49)69-45-50(52-36-40-63-61-24-6-13-33-75(61)84(77(63)47-52)72-30-10-3-21-58(72)59-22-4-11-31-73(59)84)38-42-66(69)81-80(65)85-48-78(86-81)54-18-15-17-53(43-54)55-26-16-27-67-64-25-7-14-34-79(64)87-82(55)67;1-29-21-31(3)48(32(4)22-29)37-17-19-41-44(26-37)45-27-38(49-33(5)23-30(2)24-34(49)6)18-20-42(45)51-50(41)53-28-46(54-51)36-12-9-11-35(25-36)39-14-10-15-43-40-13-7-8-16-47(40)55-52(39)43/h1-48H;7-28H,1-6H3. The van der Waals surface area contributed by atoms with Crippen LogP contribution in [-0.2, 0) is 10.8 Å². The molecule has 2 spiro atoms. The van der Waals surface area contributed by atoms with E-state index in [0.29, 0.717) is 0 Å². The molecular weight excluding hydrogens is 1750 g/mol. The first-order valence-electron chi connectivity index (χ1n) is 49.2. The largest absolute Gasteiger partial charge is 0.252 e. The summed E-state index contributed by atoms with van der Waals surface area (Å²) in [6.07, 6.45) is 3.95. The van der Waals surface area contributed by atoms with Crippen LogP contribution in [0, 0.1) is 41.5 Å². The molecule has 4 heterocycles. The van der Waals surface area contributed by atoms with Gasteiger partial charge in [0, 0.05) is 73.0 Å². The quantitative estimate of drug-likeness (QED) is 0.142. The molecule has 4 aromatic heterocycles. The summed E-state index contributed by atoms with van der Waals surface area (Å²) in [6, 6.07) is 155. The maximum Gasteiger partial charge on any atom is 0.0979 e. The fraction of sp³-hybridized carbons (Fsp3) is 0.0588. The predicted octanol–water partition coefficient (Wildman–Crippen LogP) is 36.5. The van der Waals surface area contributed by atoms with E-state index in [9.17, 15) is 0 Å². The smallest absolute Gasteiger partial charge is 0.0979 e. The predicted molar refractivity (Wildman–Crippen MR) is 599 cm³/mol. The molecule has 26 aromatic rings. The highest BCUT2D eigenvalue weighted by atomic mass is 32.1. The summed E-state index contributed by atoms with van der Waals surface area (Å²) in [6.45, 7) is 13.3. The Morgan fingerprint density at radius 2 is 0.458 bits per heavy atom. The van der Waals surface area contributed by atoms with E-state index in [4.69, 9.17) is 19.9 Å². The third kappa shape index (κ3) is 12.0. The van der Waals surface area contributed by atoms with E-state index >= 15 is 0 Å². The number of aryl methyl sites for hydroxylation is 6. The van der Waals surface area contributed by atoms with E-state index in [0.717, 1.165) is 88.0 Å². The first kappa shape index (κ1) is 82.1. The van der Waals surface area contributed by atoms with Gasteiger partial charge >= 0.3 is 0 Å². The van der Waals surface area contributed by atoms with Gasteiger partial charge in [-0.1, -0.05) is 363 Å². The molecule has 0 aliphatic heterocycles. The summed E-state index contributed by atoms with van der Waals surface area (Å²) < 4.78 is 5.23. The lowest BCUT2D eigenvalue weighted by Gasteiger charge is -2.30. The van der Waals surface area contributed by atoms with Crippen LogP contribution >= 0.6 is 22.7 Å². The van der Waals surface area contributed by atoms with Crippen LogP contribution in [-0.4, -0.2) is 19.9 Å². The normalized spacial score (nSPS) is 13.1. The molecule has 0 amide bonds. The van der Waals surface area contributed by atoms with Crippen molar-refractivity contribution in [1.29, 1.82) is 0 Å². The van der Waals surface area contributed by atoms with Gasteiger partial charge in [-0.3, -0.25) is 9.97 Å². The molecule has 6 heteroatoms. The maximum absolute atomic E-state index is 5.68.